The van der Waals surface area contributed by atoms with Gasteiger partial charge in [0.15, 0.2) is 0 Å². The van der Waals surface area contributed by atoms with Gasteiger partial charge in [0.2, 0.25) is 5.91 Å². The third kappa shape index (κ3) is 3.85. The Hall–Kier alpha value is -2.08. The van der Waals surface area contributed by atoms with E-state index in [1.165, 1.54) is 0 Å². The Balaban J connectivity index is 1.89. The van der Waals surface area contributed by atoms with Gasteiger partial charge in [0.25, 0.3) is 5.91 Å². The molecule has 142 valence electrons. The molecule has 2 aliphatic rings. The van der Waals surface area contributed by atoms with Crippen molar-refractivity contribution in [3.05, 3.63) is 18.2 Å². The third-order valence-electron chi connectivity index (χ3n) is 4.70. The van der Waals surface area contributed by atoms with Crippen molar-refractivity contribution < 1.29 is 19.1 Å². The van der Waals surface area contributed by atoms with Gasteiger partial charge >= 0.3 is 0 Å². The molecule has 0 saturated carbocycles. The minimum atomic E-state index is -0.602. The number of fused-ring (bicyclic) bond motifs is 1. The molecule has 1 unspecified atom stereocenters. The Labute approximate surface area is 154 Å². The molecule has 1 fully saturated rings. The van der Waals surface area contributed by atoms with Crippen molar-refractivity contribution in [2.24, 2.45) is 11.3 Å². The Kier molecular flexibility index (Phi) is 5.23. The number of nitrogens with one attached hydrogen (secondary N) is 1. The fourth-order valence-corrected chi connectivity index (χ4v) is 3.28. The molecule has 1 atom stereocenters. The first kappa shape index (κ1) is 18.7. The lowest BCUT2D eigenvalue weighted by Crippen LogP contribution is -2.43. The van der Waals surface area contributed by atoms with Crippen molar-refractivity contribution in [3.8, 4) is 5.75 Å². The van der Waals surface area contributed by atoms with Crippen LogP contribution < -0.4 is 15.0 Å². The minimum Gasteiger partial charge on any atom is -0.490 e. The summed E-state index contributed by atoms with van der Waals surface area (Å²) in [5, 5.41) is 2.91. The second-order valence-electron chi connectivity index (χ2n) is 8.16. The number of anilines is 2. The SMILES string of the molecule is CC(C)CN1C(=O)C(C)(C)COc2ccc(NC(=O)C3CCCO3)cc21. The van der Waals surface area contributed by atoms with Gasteiger partial charge in [0.05, 0.1) is 11.1 Å². The van der Waals surface area contributed by atoms with E-state index >= 15 is 0 Å². The summed E-state index contributed by atoms with van der Waals surface area (Å²) in [5.41, 5.74) is 0.753. The molecule has 6 heteroatoms. The molecule has 2 amide bonds. The first-order chi connectivity index (χ1) is 12.3. The van der Waals surface area contributed by atoms with Crippen LogP contribution in [0.1, 0.15) is 40.5 Å². The third-order valence-corrected chi connectivity index (χ3v) is 4.70. The molecule has 0 aliphatic carbocycles. The Bertz CT molecular complexity index is 693. The maximum absolute atomic E-state index is 13.0. The van der Waals surface area contributed by atoms with E-state index in [-0.39, 0.29) is 11.8 Å². The molecule has 0 radical (unpaired) electrons. The minimum absolute atomic E-state index is 0.0348. The van der Waals surface area contributed by atoms with E-state index in [9.17, 15) is 9.59 Å². The van der Waals surface area contributed by atoms with Crippen LogP contribution in [0.25, 0.3) is 0 Å². The number of hydrogen-bond donors (Lipinski definition) is 1. The fourth-order valence-electron chi connectivity index (χ4n) is 3.28. The van der Waals surface area contributed by atoms with E-state index in [1.807, 2.05) is 32.0 Å². The molecule has 1 N–H and O–H groups in total. The molecule has 1 saturated heterocycles. The number of benzene rings is 1. The number of hydrogen-bond acceptors (Lipinski definition) is 4. The van der Waals surface area contributed by atoms with Gasteiger partial charge in [-0.05, 0) is 50.8 Å². The van der Waals surface area contributed by atoms with E-state index in [2.05, 4.69) is 19.2 Å². The number of carbonyl (C=O) groups excluding carboxylic acids is 2. The summed E-state index contributed by atoms with van der Waals surface area (Å²) >= 11 is 0. The predicted molar refractivity (Wildman–Crippen MR) is 101 cm³/mol. The second kappa shape index (κ2) is 7.27. The topological polar surface area (TPSA) is 67.9 Å². The summed E-state index contributed by atoms with van der Waals surface area (Å²) < 4.78 is 11.3. The standard InChI is InChI=1S/C20H28N2O4/c1-13(2)11-22-15-10-14(21-18(23)17-6-5-9-25-17)7-8-16(15)26-12-20(3,4)19(22)24/h7-8,10,13,17H,5-6,9,11-12H2,1-4H3,(H,21,23). The largest absolute Gasteiger partial charge is 0.490 e. The highest BCUT2D eigenvalue weighted by atomic mass is 16.5. The lowest BCUT2D eigenvalue weighted by molar-refractivity contribution is -0.127. The smallest absolute Gasteiger partial charge is 0.253 e. The Morgan fingerprint density at radius 2 is 2.15 bits per heavy atom. The molecule has 0 aromatic heterocycles. The summed E-state index contributed by atoms with van der Waals surface area (Å²) in [4.78, 5) is 27.2. The number of nitrogens with zero attached hydrogens (tertiary/aromatic N) is 1. The van der Waals surface area contributed by atoms with Crippen LogP contribution in [-0.2, 0) is 14.3 Å². The van der Waals surface area contributed by atoms with Crippen molar-refractivity contribution >= 4 is 23.2 Å². The van der Waals surface area contributed by atoms with Crippen LogP contribution in [-0.4, -0.2) is 37.7 Å². The average molecular weight is 360 g/mol. The molecule has 3 rings (SSSR count). The predicted octanol–water partition coefficient (Wildman–Crippen LogP) is 3.21. The molecular formula is C20H28N2O4. The van der Waals surface area contributed by atoms with Crippen molar-refractivity contribution in [2.75, 3.05) is 30.0 Å². The van der Waals surface area contributed by atoms with Gasteiger partial charge in [0.1, 0.15) is 18.5 Å². The van der Waals surface area contributed by atoms with E-state index < -0.39 is 11.5 Å². The lowest BCUT2D eigenvalue weighted by atomic mass is 9.92. The van der Waals surface area contributed by atoms with Crippen LogP contribution in [0.3, 0.4) is 0 Å². The van der Waals surface area contributed by atoms with Crippen LogP contribution in [0.2, 0.25) is 0 Å². The molecule has 1 aromatic rings. The highest BCUT2D eigenvalue weighted by molar-refractivity contribution is 6.01. The van der Waals surface area contributed by atoms with Gasteiger partial charge in [-0.25, -0.2) is 0 Å². The van der Waals surface area contributed by atoms with Crippen molar-refractivity contribution in [3.63, 3.8) is 0 Å². The van der Waals surface area contributed by atoms with E-state index in [1.54, 1.807) is 4.90 Å². The number of carbonyl (C=O) groups is 2. The maximum Gasteiger partial charge on any atom is 0.253 e. The highest BCUT2D eigenvalue weighted by Gasteiger charge is 2.38. The molecule has 2 heterocycles. The zero-order valence-electron chi connectivity index (χ0n) is 16.0. The van der Waals surface area contributed by atoms with E-state index in [0.29, 0.717) is 42.8 Å². The number of rotatable bonds is 4. The quantitative estimate of drug-likeness (QED) is 0.895. The lowest BCUT2D eigenvalue weighted by Gasteiger charge is -2.29. The second-order valence-corrected chi connectivity index (χ2v) is 8.16. The first-order valence-corrected chi connectivity index (χ1v) is 9.29. The van der Waals surface area contributed by atoms with Crippen molar-refractivity contribution in [2.45, 2.75) is 46.6 Å². The Morgan fingerprint density at radius 1 is 1.38 bits per heavy atom. The molecule has 6 nitrogen and oxygen atoms in total. The van der Waals surface area contributed by atoms with Gasteiger partial charge in [-0.2, -0.15) is 0 Å². The molecule has 0 bridgehead atoms. The van der Waals surface area contributed by atoms with Crippen molar-refractivity contribution in [1.82, 2.24) is 0 Å². The van der Waals surface area contributed by atoms with Crippen LogP contribution in [0.5, 0.6) is 5.75 Å². The molecule has 2 aliphatic heterocycles. The van der Waals surface area contributed by atoms with E-state index in [4.69, 9.17) is 9.47 Å². The summed E-state index contributed by atoms with van der Waals surface area (Å²) in [6.07, 6.45) is 1.26. The summed E-state index contributed by atoms with van der Waals surface area (Å²) in [6.45, 7) is 9.51. The number of ether oxygens (including phenoxy) is 2. The average Bonchev–Trinajstić information content (AvgIpc) is 3.10. The zero-order valence-corrected chi connectivity index (χ0v) is 16.0. The van der Waals surface area contributed by atoms with Crippen LogP contribution in [0.15, 0.2) is 18.2 Å². The number of amides is 2. The van der Waals surface area contributed by atoms with Gasteiger partial charge in [-0.1, -0.05) is 13.8 Å². The molecular weight excluding hydrogens is 332 g/mol. The summed E-state index contributed by atoms with van der Waals surface area (Å²) in [7, 11) is 0. The Morgan fingerprint density at radius 3 is 2.81 bits per heavy atom. The highest BCUT2D eigenvalue weighted by Crippen LogP contribution is 2.38. The molecule has 0 spiro atoms. The first-order valence-electron chi connectivity index (χ1n) is 9.29. The van der Waals surface area contributed by atoms with Gasteiger partial charge in [-0.15, -0.1) is 0 Å². The zero-order chi connectivity index (χ0) is 18.9. The maximum atomic E-state index is 13.0. The van der Waals surface area contributed by atoms with Crippen LogP contribution >= 0.6 is 0 Å². The summed E-state index contributed by atoms with van der Waals surface area (Å²) in [6, 6.07) is 5.45. The normalized spacial score (nSPS) is 22.0. The molecule has 26 heavy (non-hydrogen) atoms. The van der Waals surface area contributed by atoms with E-state index in [0.717, 1.165) is 12.8 Å². The molecule has 1 aromatic carbocycles. The monoisotopic (exact) mass is 360 g/mol. The fraction of sp³-hybridized carbons (Fsp3) is 0.600. The van der Waals surface area contributed by atoms with Gasteiger partial charge in [0, 0.05) is 18.8 Å². The van der Waals surface area contributed by atoms with Crippen LogP contribution in [0.4, 0.5) is 11.4 Å². The van der Waals surface area contributed by atoms with Gasteiger partial charge in [-0.3, -0.25) is 9.59 Å². The van der Waals surface area contributed by atoms with Crippen molar-refractivity contribution in [1.29, 1.82) is 0 Å². The summed E-state index contributed by atoms with van der Waals surface area (Å²) in [5.74, 6) is 0.872. The van der Waals surface area contributed by atoms with Crippen LogP contribution in [0, 0.1) is 11.3 Å². The van der Waals surface area contributed by atoms with Gasteiger partial charge < -0.3 is 19.7 Å².